The molecule has 1 aliphatic heterocycles. The number of alkyl carbamates (subject to hydrolysis) is 1. The Kier molecular flexibility index (Phi) is 30.2. The first-order valence-electron chi connectivity index (χ1n) is 34.8. The molecule has 1 heterocycles. The van der Waals surface area contributed by atoms with E-state index in [1.165, 1.54) is 44.4 Å². The molecule has 1 aliphatic carbocycles. The SMILES string of the molecule is CC[C@H](C)[C@@H]([C@@H](CC(=O)N1CCC[C@H]1[C@H](OC)[C@@H](C)C(=O)N[C@H](C)[C@@H](O)c1ccccc1)OC)N(C)C(=O)[C@@H](NC(=O)C(C)(C)CN(C)C(=O)OCc1ccc(NC(=O)[C@H](CCCNC(N)=O)NC(=O)[C@@H](NC(=O)OCC2c3ccccc3-c3ccccc32)C(C)C)cc1CS(=O)(=O)O)C(C)C. The van der Waals surface area contributed by atoms with Crippen molar-refractivity contribution in [2.45, 2.75) is 181 Å². The van der Waals surface area contributed by atoms with Crippen LogP contribution in [0.5, 0.6) is 0 Å². The van der Waals surface area contributed by atoms with Crippen LogP contribution in [0.4, 0.5) is 20.1 Å². The van der Waals surface area contributed by atoms with Gasteiger partial charge in [-0.1, -0.05) is 140 Å². The number of likely N-dealkylation sites (N-methyl/N-ethyl adjacent to an activating group) is 1. The van der Waals surface area contributed by atoms with Crippen molar-refractivity contribution in [3.05, 3.63) is 125 Å². The molecule has 4 aromatic carbocycles. The van der Waals surface area contributed by atoms with Gasteiger partial charge >= 0.3 is 18.2 Å². The lowest BCUT2D eigenvalue weighted by atomic mass is 9.88. The number of aliphatic hydroxyl groups excluding tert-OH is 1. The maximum absolute atomic E-state index is 14.8. The predicted molar refractivity (Wildman–Crippen MR) is 384 cm³/mol. The number of nitrogens with one attached hydrogen (secondary N) is 6. The molecule has 6 rings (SSSR count). The van der Waals surface area contributed by atoms with E-state index in [0.717, 1.165) is 27.2 Å². The van der Waals surface area contributed by atoms with Crippen molar-refractivity contribution < 1.29 is 80.2 Å². The fourth-order valence-corrected chi connectivity index (χ4v) is 14.1. The first-order chi connectivity index (χ1) is 48.1. The molecule has 4 aromatic rings. The molecule has 2 aliphatic rings. The normalized spacial score (nSPS) is 16.6. The molecule has 0 spiro atoms. The quantitative estimate of drug-likeness (QED) is 0.0158. The summed E-state index contributed by atoms with van der Waals surface area (Å²) in [4.78, 5) is 129. The second-order valence-corrected chi connectivity index (χ2v) is 29.6. The van der Waals surface area contributed by atoms with E-state index in [1.54, 1.807) is 79.5 Å². The second-order valence-electron chi connectivity index (χ2n) is 28.1. The number of ether oxygens (including phenoxy) is 4. The first-order valence-corrected chi connectivity index (χ1v) is 36.4. The molecule has 1 saturated heterocycles. The Morgan fingerprint density at radius 2 is 1.36 bits per heavy atom. The fraction of sp³-hybridized carbons (Fsp3) is 0.554. The average molecular weight is 1440 g/mol. The van der Waals surface area contributed by atoms with Gasteiger partial charge in [-0.05, 0) is 115 Å². The van der Waals surface area contributed by atoms with Crippen molar-refractivity contribution in [2.75, 3.05) is 59.9 Å². The van der Waals surface area contributed by atoms with Crippen molar-refractivity contribution in [1.29, 1.82) is 0 Å². The summed E-state index contributed by atoms with van der Waals surface area (Å²) in [5, 5.41) is 27.3. The molecule has 0 unspecified atom stereocenters. The summed E-state index contributed by atoms with van der Waals surface area (Å²) < 4.78 is 58.3. The largest absolute Gasteiger partial charge is 0.449 e. The molecule has 102 heavy (non-hydrogen) atoms. The highest BCUT2D eigenvalue weighted by Crippen LogP contribution is 2.44. The van der Waals surface area contributed by atoms with Gasteiger partial charge in [-0.2, -0.15) is 8.42 Å². The van der Waals surface area contributed by atoms with Gasteiger partial charge in [0.15, 0.2) is 0 Å². The molecule has 0 saturated carbocycles. The van der Waals surface area contributed by atoms with Crippen LogP contribution >= 0.6 is 0 Å². The van der Waals surface area contributed by atoms with E-state index >= 15 is 0 Å². The summed E-state index contributed by atoms with van der Waals surface area (Å²) in [5.41, 5.74) is 8.67. The minimum atomic E-state index is -4.75. The van der Waals surface area contributed by atoms with Crippen LogP contribution in [-0.4, -0.2) is 189 Å². The van der Waals surface area contributed by atoms with Crippen molar-refractivity contribution in [3.8, 4) is 11.1 Å². The van der Waals surface area contributed by atoms with Crippen molar-refractivity contribution >= 4 is 69.5 Å². The number of hydrogen-bond donors (Lipinski definition) is 9. The molecular formula is C74H106N10O17S. The van der Waals surface area contributed by atoms with Gasteiger partial charge in [-0.15, -0.1) is 0 Å². The highest BCUT2D eigenvalue weighted by atomic mass is 32.2. The van der Waals surface area contributed by atoms with Gasteiger partial charge in [0.2, 0.25) is 35.4 Å². The molecule has 11 atom stereocenters. The minimum Gasteiger partial charge on any atom is -0.449 e. The number of urea groups is 1. The number of benzene rings is 4. The van der Waals surface area contributed by atoms with Crippen LogP contribution in [0, 0.1) is 29.1 Å². The first kappa shape index (κ1) is 82.3. The van der Waals surface area contributed by atoms with E-state index in [0.29, 0.717) is 31.4 Å². The van der Waals surface area contributed by atoms with Gasteiger partial charge in [-0.25, -0.2) is 14.4 Å². The summed E-state index contributed by atoms with van der Waals surface area (Å²) in [6, 6.07) is 22.5. The van der Waals surface area contributed by atoms with Crippen LogP contribution in [0.3, 0.4) is 0 Å². The number of aliphatic hydroxyl groups is 1. The molecule has 10 N–H and O–H groups in total. The van der Waals surface area contributed by atoms with Gasteiger partial charge in [0, 0.05) is 59.6 Å². The predicted octanol–water partition coefficient (Wildman–Crippen LogP) is 7.40. The van der Waals surface area contributed by atoms with Gasteiger partial charge in [-0.3, -0.25) is 33.3 Å². The third-order valence-electron chi connectivity index (χ3n) is 19.4. The Balaban J connectivity index is 1.07. The number of hydrogen-bond acceptors (Lipinski definition) is 16. The van der Waals surface area contributed by atoms with Crippen LogP contribution in [0.1, 0.15) is 148 Å². The average Bonchev–Trinajstić information content (AvgIpc) is 1.61. The molecule has 0 radical (unpaired) electrons. The lowest BCUT2D eigenvalue weighted by molar-refractivity contribution is -0.148. The zero-order valence-electron chi connectivity index (χ0n) is 61.2. The third kappa shape index (κ3) is 22.2. The van der Waals surface area contributed by atoms with E-state index in [2.05, 4.69) is 31.9 Å². The molecule has 10 amide bonds. The number of fused-ring (bicyclic) bond motifs is 3. The van der Waals surface area contributed by atoms with E-state index < -0.39 is 142 Å². The minimum absolute atomic E-state index is 0.0184. The Bertz CT molecular complexity index is 3630. The Labute approximate surface area is 599 Å². The number of primary amides is 1. The number of nitrogens with two attached hydrogens (primary N) is 1. The summed E-state index contributed by atoms with van der Waals surface area (Å²) in [6.07, 6.45) is -2.42. The zero-order valence-corrected chi connectivity index (χ0v) is 62.0. The van der Waals surface area contributed by atoms with Gasteiger partial charge in [0.05, 0.1) is 54.2 Å². The van der Waals surface area contributed by atoms with Crippen LogP contribution in [0.25, 0.3) is 11.1 Å². The van der Waals surface area contributed by atoms with E-state index in [4.69, 9.17) is 24.7 Å². The smallest absolute Gasteiger partial charge is 0.409 e. The Morgan fingerprint density at radius 1 is 0.745 bits per heavy atom. The summed E-state index contributed by atoms with van der Waals surface area (Å²) in [7, 11) is 1.23. The van der Waals surface area contributed by atoms with Crippen LogP contribution in [0.15, 0.2) is 97.1 Å². The summed E-state index contributed by atoms with van der Waals surface area (Å²) >= 11 is 0. The maximum Gasteiger partial charge on any atom is 0.409 e. The molecule has 28 heteroatoms. The van der Waals surface area contributed by atoms with Gasteiger partial charge in [0.1, 0.15) is 37.1 Å². The number of anilines is 1. The molecule has 1 fully saturated rings. The zero-order chi connectivity index (χ0) is 75.5. The number of nitrogens with zero attached hydrogens (tertiary/aromatic N) is 3. The number of carbonyl (C=O) groups is 9. The lowest BCUT2D eigenvalue weighted by Crippen LogP contribution is -2.59. The van der Waals surface area contributed by atoms with E-state index in [-0.39, 0.29) is 79.4 Å². The Hall–Kier alpha value is -8.70. The molecule has 0 bridgehead atoms. The third-order valence-corrected chi connectivity index (χ3v) is 20.0. The van der Waals surface area contributed by atoms with E-state index in [1.807, 2.05) is 80.6 Å². The highest BCUT2D eigenvalue weighted by molar-refractivity contribution is 7.85. The second kappa shape index (κ2) is 37.5. The van der Waals surface area contributed by atoms with E-state index in [9.17, 15) is 61.2 Å². The van der Waals surface area contributed by atoms with Crippen LogP contribution in [-0.2, 0) is 70.2 Å². The summed E-state index contributed by atoms with van der Waals surface area (Å²) in [6.45, 7) is 17.1. The van der Waals surface area contributed by atoms with Gasteiger partial charge in [0.25, 0.3) is 10.1 Å². The monoisotopic (exact) mass is 1440 g/mol. The highest BCUT2D eigenvalue weighted by Gasteiger charge is 2.44. The molecule has 560 valence electrons. The molecular weight excluding hydrogens is 1330 g/mol. The standard InChI is InChI=1S/C74H106N10O17S/c1-15-45(6)63(59(98-13)38-60(85)84-36-24-32-58(84)65(99-14)46(7)66(87)77-47(8)64(86)48-25-17-16-18-26-48)83(12)69(90)62(44(4)5)80-70(91)74(9,10)42-82(11)73(94)101-39-49-33-34-51(37-50(49)41-102(95,96)97)78-67(88)57(31-23-35-76-71(75)92)79-68(89)61(43(2)3)81-72(93)100-40-56-54-29-21-19-27-52(54)53-28-20-22-30-55(53)56/h16-22,25-30,33-34,37,43-47,56-59,61-65,86H,15,23-24,31-32,35-36,38-42H2,1-14H3,(H,77,87)(H,78,88)(H,79,89)(H,80,91)(H,81,93)(H3,75,76,92)(H,95,96,97)/t45-,46+,47+,57-,58-,59+,61-,62-,63-,64+,65+/m0/s1. The summed E-state index contributed by atoms with van der Waals surface area (Å²) in [5.74, 6) is -6.22. The van der Waals surface area contributed by atoms with Crippen molar-refractivity contribution in [1.82, 2.24) is 41.3 Å². The molecule has 27 nitrogen and oxygen atoms in total. The lowest BCUT2D eigenvalue weighted by Gasteiger charge is -2.41. The van der Waals surface area contributed by atoms with Crippen molar-refractivity contribution in [2.24, 2.45) is 34.8 Å². The number of carbonyl (C=O) groups excluding carboxylic acids is 9. The number of rotatable bonds is 36. The van der Waals surface area contributed by atoms with Crippen molar-refractivity contribution in [3.63, 3.8) is 0 Å². The number of methoxy groups -OCH3 is 2. The molecule has 0 aromatic heterocycles. The number of amides is 10. The van der Waals surface area contributed by atoms with Gasteiger partial charge < -0.3 is 76.4 Å². The number of likely N-dealkylation sites (tertiary alicyclic amines) is 1. The van der Waals surface area contributed by atoms with Crippen LogP contribution < -0.4 is 37.6 Å². The Morgan fingerprint density at radius 3 is 1.94 bits per heavy atom. The fourth-order valence-electron chi connectivity index (χ4n) is 13.5. The van der Waals surface area contributed by atoms with Crippen LogP contribution in [0.2, 0.25) is 0 Å². The topological polar surface area (TPSA) is 373 Å². The maximum atomic E-state index is 14.8.